The summed E-state index contributed by atoms with van der Waals surface area (Å²) in [6.07, 6.45) is 5.37. The molecular formula is C33H36FN3O6. The zero-order chi connectivity index (χ0) is 30.2. The van der Waals surface area contributed by atoms with E-state index in [0.29, 0.717) is 41.2 Å². The number of nitrogens with zero attached hydrogens (tertiary/aromatic N) is 2. The molecule has 0 saturated heterocycles. The van der Waals surface area contributed by atoms with Crippen LogP contribution in [-0.2, 0) is 39.5 Å². The first-order valence-electron chi connectivity index (χ1n) is 15.4. The van der Waals surface area contributed by atoms with E-state index in [0.717, 1.165) is 54.2 Å². The van der Waals surface area contributed by atoms with Crippen molar-refractivity contribution in [3.05, 3.63) is 61.7 Å². The summed E-state index contributed by atoms with van der Waals surface area (Å²) in [4.78, 5) is 44.9. The molecule has 1 aromatic carbocycles. The predicted molar refractivity (Wildman–Crippen MR) is 156 cm³/mol. The Bertz CT molecular complexity index is 1760. The number of esters is 1. The van der Waals surface area contributed by atoms with Gasteiger partial charge in [-0.3, -0.25) is 9.59 Å². The number of carbonyl (C=O) groups is 2. The predicted octanol–water partition coefficient (Wildman–Crippen LogP) is 3.82. The summed E-state index contributed by atoms with van der Waals surface area (Å²) in [6.45, 7) is 3.58. The van der Waals surface area contributed by atoms with Crippen LogP contribution in [0.2, 0.25) is 0 Å². The Labute approximate surface area is 248 Å². The molecule has 0 spiro atoms. The third-order valence-electron chi connectivity index (χ3n) is 10.4. The Hall–Kier alpha value is -3.63. The van der Waals surface area contributed by atoms with Crippen molar-refractivity contribution in [1.82, 2.24) is 14.9 Å². The summed E-state index contributed by atoms with van der Waals surface area (Å²) < 4.78 is 21.9. The molecule has 4 heterocycles. The maximum Gasteiger partial charge on any atom is 0.343 e. The van der Waals surface area contributed by atoms with E-state index < -0.39 is 11.6 Å². The standard InChI is InChI=1S/C33H36FN3O6/c1-3-33(42)22-12-26-29-20(14-37(26)31(40)21(22)15-43-32(33)41)28-24(36-30(39)18-6-4-17(5-7-18)10-11-38)9-8-19-16(2)23(34)13-25(35-29)27(19)28/h12-13,17-18,24,38,42H,3-11,14-15H2,1-2H3,(H,36,39)/t17?,18?,24-,33-/m0/s1. The molecule has 3 N–H and O–H groups in total. The average Bonchev–Trinajstić information content (AvgIpc) is 3.37. The molecule has 43 heavy (non-hydrogen) atoms. The Morgan fingerprint density at radius 1 is 1.16 bits per heavy atom. The number of ether oxygens (including phenoxy) is 1. The first kappa shape index (κ1) is 28.2. The Morgan fingerprint density at radius 3 is 2.65 bits per heavy atom. The third kappa shape index (κ3) is 4.17. The summed E-state index contributed by atoms with van der Waals surface area (Å²) in [5.41, 5.74) is 2.67. The van der Waals surface area contributed by atoms with Gasteiger partial charge in [0.25, 0.3) is 5.56 Å². The van der Waals surface area contributed by atoms with Crippen molar-refractivity contribution in [2.75, 3.05) is 6.61 Å². The summed E-state index contributed by atoms with van der Waals surface area (Å²) in [7, 11) is 0. The number of hydrogen-bond donors (Lipinski definition) is 3. The molecule has 2 aromatic heterocycles. The van der Waals surface area contributed by atoms with E-state index in [4.69, 9.17) is 9.72 Å². The largest absolute Gasteiger partial charge is 0.458 e. The number of aliphatic hydroxyl groups is 2. The van der Waals surface area contributed by atoms with Gasteiger partial charge in [-0.15, -0.1) is 0 Å². The minimum atomic E-state index is -1.95. The van der Waals surface area contributed by atoms with Crippen LogP contribution >= 0.6 is 0 Å². The van der Waals surface area contributed by atoms with Gasteiger partial charge >= 0.3 is 5.97 Å². The van der Waals surface area contributed by atoms with Crippen molar-refractivity contribution in [2.45, 2.75) is 90.0 Å². The molecule has 1 saturated carbocycles. The highest BCUT2D eigenvalue weighted by Gasteiger charge is 2.46. The van der Waals surface area contributed by atoms with E-state index in [1.165, 1.54) is 6.07 Å². The molecule has 2 aliphatic carbocycles. The Kier molecular flexibility index (Phi) is 6.70. The number of halogens is 1. The number of aliphatic hydroxyl groups excluding tert-OH is 1. The lowest BCUT2D eigenvalue weighted by Crippen LogP contribution is -2.44. The van der Waals surface area contributed by atoms with E-state index in [1.807, 2.05) is 0 Å². The summed E-state index contributed by atoms with van der Waals surface area (Å²) in [5.74, 6) is -0.799. The van der Waals surface area contributed by atoms with Crippen LogP contribution in [0.5, 0.6) is 0 Å². The van der Waals surface area contributed by atoms with Gasteiger partial charge in [0.05, 0.1) is 35.1 Å². The number of aryl methyl sites for hydroxylation is 1. The van der Waals surface area contributed by atoms with Crippen LogP contribution in [0.4, 0.5) is 4.39 Å². The minimum absolute atomic E-state index is 0.000238. The van der Waals surface area contributed by atoms with E-state index in [9.17, 15) is 24.6 Å². The van der Waals surface area contributed by atoms with Crippen LogP contribution in [0.15, 0.2) is 16.9 Å². The first-order valence-corrected chi connectivity index (χ1v) is 15.4. The topological polar surface area (TPSA) is 131 Å². The van der Waals surface area contributed by atoms with Crippen molar-refractivity contribution < 1.29 is 28.9 Å². The number of fused-ring (bicyclic) bond motifs is 5. The molecule has 2 aliphatic heterocycles. The number of hydrogen-bond acceptors (Lipinski definition) is 7. The molecule has 0 unspecified atom stereocenters. The van der Waals surface area contributed by atoms with Crippen LogP contribution in [0.25, 0.3) is 22.3 Å². The van der Waals surface area contributed by atoms with Gasteiger partial charge in [0.2, 0.25) is 5.91 Å². The number of amides is 1. The highest BCUT2D eigenvalue weighted by molar-refractivity contribution is 5.94. The normalized spacial score (nSPS) is 25.6. The minimum Gasteiger partial charge on any atom is -0.458 e. The monoisotopic (exact) mass is 589 g/mol. The second kappa shape index (κ2) is 10.2. The number of nitrogens with one attached hydrogen (secondary N) is 1. The lowest BCUT2D eigenvalue weighted by molar-refractivity contribution is -0.172. The molecule has 226 valence electrons. The van der Waals surface area contributed by atoms with Gasteiger partial charge in [0.15, 0.2) is 5.60 Å². The Balaban J connectivity index is 1.35. The molecule has 7 rings (SSSR count). The maximum absolute atomic E-state index is 15.2. The smallest absolute Gasteiger partial charge is 0.343 e. The fraction of sp³-hybridized carbons (Fsp3) is 0.515. The van der Waals surface area contributed by atoms with Crippen LogP contribution < -0.4 is 10.9 Å². The van der Waals surface area contributed by atoms with Crippen molar-refractivity contribution in [3.8, 4) is 11.4 Å². The zero-order valence-corrected chi connectivity index (χ0v) is 24.5. The number of benzene rings is 1. The van der Waals surface area contributed by atoms with Crippen LogP contribution in [0.1, 0.15) is 91.3 Å². The maximum atomic E-state index is 15.2. The van der Waals surface area contributed by atoms with Gasteiger partial charge in [0, 0.05) is 35.1 Å². The van der Waals surface area contributed by atoms with Crippen molar-refractivity contribution in [3.63, 3.8) is 0 Å². The van der Waals surface area contributed by atoms with Crippen LogP contribution in [0, 0.1) is 24.6 Å². The number of cyclic esters (lactones) is 1. The molecule has 1 amide bonds. The summed E-state index contributed by atoms with van der Waals surface area (Å²) in [6, 6.07) is 2.74. The van der Waals surface area contributed by atoms with Gasteiger partial charge in [-0.05, 0) is 87.0 Å². The highest BCUT2D eigenvalue weighted by atomic mass is 19.1. The lowest BCUT2D eigenvalue weighted by atomic mass is 9.79. The molecule has 1 fully saturated rings. The third-order valence-corrected chi connectivity index (χ3v) is 10.4. The zero-order valence-electron chi connectivity index (χ0n) is 24.5. The van der Waals surface area contributed by atoms with Crippen LogP contribution in [0.3, 0.4) is 0 Å². The molecule has 10 heteroatoms. The Morgan fingerprint density at radius 2 is 1.93 bits per heavy atom. The van der Waals surface area contributed by atoms with Gasteiger partial charge in [-0.1, -0.05) is 6.92 Å². The van der Waals surface area contributed by atoms with Gasteiger partial charge in [0.1, 0.15) is 12.4 Å². The lowest BCUT2D eigenvalue weighted by Gasteiger charge is -2.32. The number of carbonyl (C=O) groups excluding carboxylic acids is 2. The van der Waals surface area contributed by atoms with Crippen molar-refractivity contribution >= 4 is 22.8 Å². The SMILES string of the molecule is CC[C@@]1(O)C(=O)OCc2c1cc1n(c2=O)Cc2c-1nc1cc(F)c(C)c3c1c2[C@@H](NC(=O)C1CCC(CCO)CC1)CC3. The van der Waals surface area contributed by atoms with E-state index in [2.05, 4.69) is 5.32 Å². The van der Waals surface area contributed by atoms with Gasteiger partial charge < -0.3 is 24.8 Å². The molecule has 0 bridgehead atoms. The molecule has 0 radical (unpaired) electrons. The van der Waals surface area contributed by atoms with Gasteiger partial charge in [-0.2, -0.15) is 0 Å². The second-order valence-electron chi connectivity index (χ2n) is 12.6. The van der Waals surface area contributed by atoms with E-state index in [-0.39, 0.29) is 66.5 Å². The first-order chi connectivity index (χ1) is 20.7. The quantitative estimate of drug-likeness (QED) is 0.302. The molecule has 2 atom stereocenters. The summed E-state index contributed by atoms with van der Waals surface area (Å²) >= 11 is 0. The molecule has 9 nitrogen and oxygen atoms in total. The fourth-order valence-corrected chi connectivity index (χ4v) is 7.88. The van der Waals surface area contributed by atoms with E-state index in [1.54, 1.807) is 24.5 Å². The van der Waals surface area contributed by atoms with Crippen molar-refractivity contribution in [2.24, 2.45) is 11.8 Å². The van der Waals surface area contributed by atoms with E-state index >= 15 is 4.39 Å². The number of pyridine rings is 2. The molecular weight excluding hydrogens is 553 g/mol. The fourth-order valence-electron chi connectivity index (χ4n) is 7.88. The average molecular weight is 590 g/mol. The van der Waals surface area contributed by atoms with Crippen LogP contribution in [-0.4, -0.2) is 38.2 Å². The molecule has 3 aromatic rings. The second-order valence-corrected chi connectivity index (χ2v) is 12.6. The highest BCUT2D eigenvalue weighted by Crippen LogP contribution is 2.46. The number of aromatic nitrogens is 2. The number of rotatable bonds is 5. The van der Waals surface area contributed by atoms with Crippen molar-refractivity contribution in [1.29, 1.82) is 0 Å². The van der Waals surface area contributed by atoms with Gasteiger partial charge in [-0.25, -0.2) is 14.2 Å². The summed E-state index contributed by atoms with van der Waals surface area (Å²) in [5, 5.41) is 24.7. The molecule has 4 aliphatic rings.